The van der Waals surface area contributed by atoms with Crippen molar-refractivity contribution in [3.8, 4) is 5.75 Å². The van der Waals surface area contributed by atoms with Crippen LogP contribution in [-0.4, -0.2) is 5.11 Å². The van der Waals surface area contributed by atoms with E-state index in [1.807, 2.05) is 0 Å². The lowest BCUT2D eigenvalue weighted by molar-refractivity contribution is 0.420. The number of phenols is 1. The van der Waals surface area contributed by atoms with E-state index in [9.17, 15) is 9.50 Å². The predicted molar refractivity (Wildman–Crippen MR) is 61.8 cm³/mol. The van der Waals surface area contributed by atoms with Gasteiger partial charge in [0.2, 0.25) is 0 Å². The quantitative estimate of drug-likeness (QED) is 0.786. The molecule has 15 heavy (non-hydrogen) atoms. The molecule has 1 atom stereocenters. The Kier molecular flexibility index (Phi) is 5.33. The van der Waals surface area contributed by atoms with Crippen LogP contribution in [0.5, 0.6) is 5.75 Å². The summed E-state index contributed by atoms with van der Waals surface area (Å²) in [5.41, 5.74) is 7.03. The monoisotopic (exact) mass is 231 g/mol. The van der Waals surface area contributed by atoms with Crippen LogP contribution in [0.1, 0.15) is 23.6 Å². The van der Waals surface area contributed by atoms with E-state index in [1.165, 1.54) is 6.07 Å². The number of halogens is 2. The average molecular weight is 232 g/mol. The highest BCUT2D eigenvalue weighted by molar-refractivity contribution is 5.85. The zero-order valence-electron chi connectivity index (χ0n) is 8.53. The molecule has 3 N–H and O–H groups in total. The number of benzene rings is 1. The Hall–Kier alpha value is -1.06. The van der Waals surface area contributed by atoms with E-state index in [2.05, 4.69) is 6.58 Å². The van der Waals surface area contributed by atoms with Gasteiger partial charge in [-0.1, -0.05) is 12.1 Å². The van der Waals surface area contributed by atoms with Crippen LogP contribution in [0.2, 0.25) is 0 Å². The minimum Gasteiger partial charge on any atom is -0.505 e. The van der Waals surface area contributed by atoms with Crippen molar-refractivity contribution >= 4 is 12.4 Å². The topological polar surface area (TPSA) is 46.2 Å². The Bertz CT molecular complexity index is 355. The normalized spacial score (nSPS) is 11.7. The van der Waals surface area contributed by atoms with Crippen molar-refractivity contribution in [3.05, 3.63) is 41.7 Å². The Labute approximate surface area is 95.0 Å². The van der Waals surface area contributed by atoms with Gasteiger partial charge in [0.25, 0.3) is 0 Å². The van der Waals surface area contributed by atoms with Crippen LogP contribution < -0.4 is 5.73 Å². The molecule has 2 nitrogen and oxygen atoms in total. The van der Waals surface area contributed by atoms with E-state index < -0.39 is 11.9 Å². The third-order valence-electron chi connectivity index (χ3n) is 2.18. The van der Waals surface area contributed by atoms with E-state index in [0.29, 0.717) is 12.0 Å². The SMILES string of the molecule is C=CC[C@@H](N)c1c(C)ccc(F)c1O.Cl. The molecular weight excluding hydrogens is 217 g/mol. The molecule has 0 fully saturated rings. The molecule has 0 aliphatic carbocycles. The highest BCUT2D eigenvalue weighted by Crippen LogP contribution is 2.30. The van der Waals surface area contributed by atoms with Crippen LogP contribution in [0, 0.1) is 12.7 Å². The van der Waals surface area contributed by atoms with Gasteiger partial charge in [-0.2, -0.15) is 0 Å². The van der Waals surface area contributed by atoms with Gasteiger partial charge in [-0.25, -0.2) is 4.39 Å². The van der Waals surface area contributed by atoms with Crippen molar-refractivity contribution in [3.63, 3.8) is 0 Å². The number of nitrogens with two attached hydrogens (primary N) is 1. The molecule has 0 bridgehead atoms. The molecule has 0 aliphatic rings. The number of aryl methyl sites for hydroxylation is 1. The minimum atomic E-state index is -0.634. The minimum absolute atomic E-state index is 0. The highest BCUT2D eigenvalue weighted by atomic mass is 35.5. The summed E-state index contributed by atoms with van der Waals surface area (Å²) in [5, 5.41) is 9.49. The van der Waals surface area contributed by atoms with E-state index >= 15 is 0 Å². The van der Waals surface area contributed by atoms with Gasteiger partial charge in [0.05, 0.1) is 0 Å². The predicted octanol–water partition coefficient (Wildman–Crippen LogP) is 2.84. The molecule has 4 heteroatoms. The number of hydrogen-bond donors (Lipinski definition) is 2. The Morgan fingerprint density at radius 2 is 2.20 bits per heavy atom. The summed E-state index contributed by atoms with van der Waals surface area (Å²) in [5.74, 6) is -0.982. The summed E-state index contributed by atoms with van der Waals surface area (Å²) < 4.78 is 13.0. The van der Waals surface area contributed by atoms with E-state index in [1.54, 1.807) is 19.1 Å². The lowest BCUT2D eigenvalue weighted by Gasteiger charge is -2.14. The average Bonchev–Trinajstić information content (AvgIpc) is 2.13. The molecule has 0 saturated carbocycles. The third kappa shape index (κ3) is 2.94. The van der Waals surface area contributed by atoms with Crippen molar-refractivity contribution in [1.82, 2.24) is 0 Å². The van der Waals surface area contributed by atoms with E-state index in [4.69, 9.17) is 5.73 Å². The molecule has 1 aromatic rings. The second-order valence-corrected chi connectivity index (χ2v) is 3.26. The fourth-order valence-corrected chi connectivity index (χ4v) is 1.45. The lowest BCUT2D eigenvalue weighted by atomic mass is 9.98. The van der Waals surface area contributed by atoms with Gasteiger partial charge in [0.15, 0.2) is 11.6 Å². The third-order valence-corrected chi connectivity index (χ3v) is 2.18. The maximum absolute atomic E-state index is 13.0. The molecule has 0 aromatic heterocycles. The first kappa shape index (κ1) is 13.9. The molecule has 84 valence electrons. The lowest BCUT2D eigenvalue weighted by Crippen LogP contribution is -2.11. The molecule has 0 amide bonds. The molecule has 0 heterocycles. The van der Waals surface area contributed by atoms with Crippen molar-refractivity contribution < 1.29 is 9.50 Å². The first-order chi connectivity index (χ1) is 6.57. The number of hydrogen-bond acceptors (Lipinski definition) is 2. The van der Waals surface area contributed by atoms with Crippen molar-refractivity contribution in [2.24, 2.45) is 5.73 Å². The van der Waals surface area contributed by atoms with Crippen LogP contribution in [0.3, 0.4) is 0 Å². The number of phenolic OH excluding ortho intramolecular Hbond substituents is 1. The van der Waals surface area contributed by atoms with Crippen molar-refractivity contribution in [2.75, 3.05) is 0 Å². The van der Waals surface area contributed by atoms with Gasteiger partial charge in [0, 0.05) is 11.6 Å². The summed E-state index contributed by atoms with van der Waals surface area (Å²) in [6, 6.07) is 2.44. The van der Waals surface area contributed by atoms with Gasteiger partial charge < -0.3 is 10.8 Å². The zero-order chi connectivity index (χ0) is 10.7. The summed E-state index contributed by atoms with van der Waals surface area (Å²) in [6.45, 7) is 5.34. The van der Waals surface area contributed by atoms with Crippen LogP contribution in [0.15, 0.2) is 24.8 Å². The molecular formula is C11H15ClFNO. The largest absolute Gasteiger partial charge is 0.505 e. The molecule has 1 aromatic carbocycles. The van der Waals surface area contributed by atoms with Crippen molar-refractivity contribution in [1.29, 1.82) is 0 Å². The second kappa shape index (κ2) is 5.73. The first-order valence-corrected chi connectivity index (χ1v) is 4.42. The van der Waals surface area contributed by atoms with Gasteiger partial charge in [0.1, 0.15) is 0 Å². The number of rotatable bonds is 3. The van der Waals surface area contributed by atoms with Gasteiger partial charge in [-0.3, -0.25) is 0 Å². The molecule has 0 unspecified atom stereocenters. The summed E-state index contributed by atoms with van der Waals surface area (Å²) in [7, 11) is 0. The Morgan fingerprint density at radius 1 is 1.60 bits per heavy atom. The first-order valence-electron chi connectivity index (χ1n) is 4.42. The Balaban J connectivity index is 0.00000196. The summed E-state index contributed by atoms with van der Waals surface area (Å²) in [6.07, 6.45) is 2.16. The summed E-state index contributed by atoms with van der Waals surface area (Å²) >= 11 is 0. The molecule has 0 saturated heterocycles. The van der Waals surface area contributed by atoms with Crippen molar-refractivity contribution in [2.45, 2.75) is 19.4 Å². The van der Waals surface area contributed by atoms with E-state index in [0.717, 1.165) is 5.56 Å². The maximum Gasteiger partial charge on any atom is 0.165 e. The summed E-state index contributed by atoms with van der Waals surface area (Å²) in [4.78, 5) is 0. The number of aromatic hydroxyl groups is 1. The van der Waals surface area contributed by atoms with E-state index in [-0.39, 0.29) is 18.2 Å². The molecule has 0 aliphatic heterocycles. The Morgan fingerprint density at radius 3 is 2.73 bits per heavy atom. The molecule has 0 spiro atoms. The molecule has 0 radical (unpaired) electrons. The highest BCUT2D eigenvalue weighted by Gasteiger charge is 2.15. The zero-order valence-corrected chi connectivity index (χ0v) is 9.35. The van der Waals surface area contributed by atoms with Crippen LogP contribution >= 0.6 is 12.4 Å². The van der Waals surface area contributed by atoms with Gasteiger partial charge in [-0.15, -0.1) is 19.0 Å². The van der Waals surface area contributed by atoms with Gasteiger partial charge >= 0.3 is 0 Å². The smallest absolute Gasteiger partial charge is 0.165 e. The standard InChI is InChI=1S/C11H14FNO.ClH/c1-3-4-9(13)10-7(2)5-6-8(12)11(10)14;/h3,5-6,9,14H,1,4,13H2,2H3;1H/t9-;/m1./s1. The van der Waals surface area contributed by atoms with Gasteiger partial charge in [-0.05, 0) is 25.0 Å². The molecule has 1 rings (SSSR count). The second-order valence-electron chi connectivity index (χ2n) is 3.26. The van der Waals surface area contributed by atoms with Crippen LogP contribution in [0.25, 0.3) is 0 Å². The fourth-order valence-electron chi connectivity index (χ4n) is 1.45. The van der Waals surface area contributed by atoms with Crippen LogP contribution in [0.4, 0.5) is 4.39 Å². The van der Waals surface area contributed by atoms with Crippen LogP contribution in [-0.2, 0) is 0 Å². The maximum atomic E-state index is 13.0. The fraction of sp³-hybridized carbons (Fsp3) is 0.273.